The van der Waals surface area contributed by atoms with Crippen LogP contribution in [0.2, 0.25) is 0 Å². The van der Waals surface area contributed by atoms with Crippen LogP contribution in [-0.4, -0.2) is 38.6 Å². The topological polar surface area (TPSA) is 55.4 Å². The summed E-state index contributed by atoms with van der Waals surface area (Å²) in [5, 5.41) is 3.45. The first-order valence-electron chi connectivity index (χ1n) is 6.91. The number of hydrogen-bond donors (Lipinski definition) is 1. The maximum Gasteiger partial charge on any atom is 0.150 e. The Labute approximate surface area is 127 Å². The molecule has 2 aliphatic heterocycles. The van der Waals surface area contributed by atoms with Crippen molar-refractivity contribution in [1.82, 2.24) is 5.32 Å². The summed E-state index contributed by atoms with van der Waals surface area (Å²) < 4.78 is 29.7. The third-order valence-corrected chi connectivity index (χ3v) is 6.16. The van der Waals surface area contributed by atoms with Gasteiger partial charge in [0.15, 0.2) is 0 Å². The summed E-state index contributed by atoms with van der Waals surface area (Å²) >= 11 is 3.47. The minimum absolute atomic E-state index is 0.151. The van der Waals surface area contributed by atoms with Gasteiger partial charge >= 0.3 is 0 Å². The monoisotopic (exact) mass is 359 g/mol. The zero-order chi connectivity index (χ0) is 14.2. The highest BCUT2D eigenvalue weighted by molar-refractivity contribution is 9.10. The molecule has 20 heavy (non-hydrogen) atoms. The molecule has 4 nitrogen and oxygen atoms in total. The van der Waals surface area contributed by atoms with Crippen molar-refractivity contribution in [3.05, 3.63) is 28.2 Å². The lowest BCUT2D eigenvalue weighted by molar-refractivity contribution is 0.219. The molecule has 0 bridgehead atoms. The fourth-order valence-electron chi connectivity index (χ4n) is 2.80. The third kappa shape index (κ3) is 3.35. The molecule has 0 aromatic heterocycles. The summed E-state index contributed by atoms with van der Waals surface area (Å²) in [6, 6.07) is 6.38. The van der Waals surface area contributed by atoms with Gasteiger partial charge in [-0.25, -0.2) is 8.42 Å². The van der Waals surface area contributed by atoms with Crippen LogP contribution < -0.4 is 10.1 Å². The lowest BCUT2D eigenvalue weighted by Crippen LogP contribution is -2.42. The van der Waals surface area contributed by atoms with Gasteiger partial charge in [0.05, 0.1) is 11.5 Å². The number of sulfone groups is 1. The van der Waals surface area contributed by atoms with Crippen molar-refractivity contribution >= 4 is 25.8 Å². The molecule has 1 N–H and O–H groups in total. The molecule has 0 radical (unpaired) electrons. The Balaban J connectivity index is 1.49. The van der Waals surface area contributed by atoms with E-state index >= 15 is 0 Å². The number of rotatable bonds is 3. The molecule has 0 saturated carbocycles. The minimum atomic E-state index is -2.78. The largest absolute Gasteiger partial charge is 0.488 e. The Hall–Kier alpha value is -0.590. The van der Waals surface area contributed by atoms with E-state index in [1.807, 2.05) is 12.1 Å². The van der Waals surface area contributed by atoms with Crippen LogP contribution in [0.5, 0.6) is 5.75 Å². The number of hydrogen-bond acceptors (Lipinski definition) is 4. The summed E-state index contributed by atoms with van der Waals surface area (Å²) in [6.45, 7) is 0.775. The molecular formula is C14H18BrNO3S. The van der Waals surface area contributed by atoms with Gasteiger partial charge in [-0.05, 0) is 36.6 Å². The van der Waals surface area contributed by atoms with Gasteiger partial charge in [0.1, 0.15) is 21.7 Å². The smallest absolute Gasteiger partial charge is 0.150 e. The fourth-order valence-corrected chi connectivity index (χ4v) is 4.70. The van der Waals surface area contributed by atoms with Crippen LogP contribution in [-0.2, 0) is 16.3 Å². The van der Waals surface area contributed by atoms with E-state index in [9.17, 15) is 8.42 Å². The highest BCUT2D eigenvalue weighted by atomic mass is 79.9. The van der Waals surface area contributed by atoms with Crippen molar-refractivity contribution in [1.29, 1.82) is 0 Å². The Morgan fingerprint density at radius 1 is 1.30 bits per heavy atom. The van der Waals surface area contributed by atoms with Gasteiger partial charge < -0.3 is 10.1 Å². The number of fused-ring (bicyclic) bond motifs is 1. The maximum atomic E-state index is 11.4. The van der Waals surface area contributed by atoms with Crippen LogP contribution in [0.25, 0.3) is 0 Å². The molecule has 1 saturated heterocycles. The Bertz CT molecular complexity index is 588. The zero-order valence-electron chi connectivity index (χ0n) is 11.1. The number of nitrogens with one attached hydrogen (secondary N) is 1. The molecule has 1 aromatic carbocycles. The standard InChI is InChI=1S/C14H18BrNO3S/c15-11-1-2-14-10(7-11)8-13(19-14)9-16-12-3-5-20(17,18)6-4-12/h1-2,7,12-13,16H,3-6,8-9H2. The van der Waals surface area contributed by atoms with E-state index < -0.39 is 9.84 Å². The molecule has 1 fully saturated rings. The second kappa shape index (κ2) is 5.66. The highest BCUT2D eigenvalue weighted by Gasteiger charge is 2.26. The van der Waals surface area contributed by atoms with Crippen molar-refractivity contribution in [3.63, 3.8) is 0 Å². The fraction of sp³-hybridized carbons (Fsp3) is 0.571. The number of benzene rings is 1. The maximum absolute atomic E-state index is 11.4. The molecule has 0 aliphatic carbocycles. The van der Waals surface area contributed by atoms with E-state index in [1.54, 1.807) is 0 Å². The third-order valence-electron chi connectivity index (χ3n) is 3.95. The quantitative estimate of drug-likeness (QED) is 0.895. The summed E-state index contributed by atoms with van der Waals surface area (Å²) in [7, 11) is -2.78. The molecule has 110 valence electrons. The van der Waals surface area contributed by atoms with Gasteiger partial charge in [0.2, 0.25) is 0 Å². The molecule has 1 unspecified atom stereocenters. The van der Waals surface area contributed by atoms with E-state index in [0.29, 0.717) is 30.4 Å². The van der Waals surface area contributed by atoms with E-state index in [0.717, 1.165) is 23.2 Å². The number of ether oxygens (including phenoxy) is 1. The molecule has 1 atom stereocenters. The molecule has 0 spiro atoms. The van der Waals surface area contributed by atoms with Crippen molar-refractivity contribution in [2.24, 2.45) is 0 Å². The van der Waals surface area contributed by atoms with Gasteiger partial charge in [0.25, 0.3) is 0 Å². The minimum Gasteiger partial charge on any atom is -0.488 e. The second-order valence-electron chi connectivity index (χ2n) is 5.53. The van der Waals surface area contributed by atoms with Gasteiger partial charge in [-0.15, -0.1) is 0 Å². The Morgan fingerprint density at radius 2 is 2.05 bits per heavy atom. The van der Waals surface area contributed by atoms with Crippen LogP contribution >= 0.6 is 15.9 Å². The van der Waals surface area contributed by atoms with Crippen LogP contribution in [0, 0.1) is 0 Å². The molecule has 1 aromatic rings. The first-order valence-corrected chi connectivity index (χ1v) is 9.52. The predicted octanol–water partition coefficient (Wildman–Crippen LogP) is 1.92. The summed E-state index contributed by atoms with van der Waals surface area (Å²) in [5.74, 6) is 1.58. The van der Waals surface area contributed by atoms with Crippen LogP contribution in [0.1, 0.15) is 18.4 Å². The lowest BCUT2D eigenvalue weighted by atomic mass is 10.1. The van der Waals surface area contributed by atoms with Gasteiger partial charge in [-0.3, -0.25) is 0 Å². The first kappa shape index (κ1) is 14.4. The van der Waals surface area contributed by atoms with Crippen molar-refractivity contribution in [3.8, 4) is 5.75 Å². The lowest BCUT2D eigenvalue weighted by Gasteiger charge is -2.24. The summed E-state index contributed by atoms with van der Waals surface area (Å²) in [5.41, 5.74) is 1.23. The summed E-state index contributed by atoms with van der Waals surface area (Å²) in [6.07, 6.45) is 2.49. The molecule has 2 heterocycles. The molecule has 3 rings (SSSR count). The van der Waals surface area contributed by atoms with Gasteiger partial charge in [-0.2, -0.15) is 0 Å². The van der Waals surface area contributed by atoms with Crippen LogP contribution in [0.4, 0.5) is 0 Å². The van der Waals surface area contributed by atoms with Gasteiger partial charge in [0, 0.05) is 23.5 Å². The zero-order valence-corrected chi connectivity index (χ0v) is 13.5. The van der Waals surface area contributed by atoms with Crippen LogP contribution in [0.15, 0.2) is 22.7 Å². The van der Waals surface area contributed by atoms with E-state index in [2.05, 4.69) is 27.3 Å². The SMILES string of the molecule is O=S1(=O)CCC(NCC2Cc3cc(Br)ccc3O2)CC1. The highest BCUT2D eigenvalue weighted by Crippen LogP contribution is 2.31. The molecule has 6 heteroatoms. The average Bonchev–Trinajstić information content (AvgIpc) is 2.79. The van der Waals surface area contributed by atoms with Crippen LogP contribution in [0.3, 0.4) is 0 Å². The normalized spacial score (nSPS) is 25.1. The molecular weight excluding hydrogens is 342 g/mol. The summed E-state index contributed by atoms with van der Waals surface area (Å²) in [4.78, 5) is 0. The predicted molar refractivity (Wildman–Crippen MR) is 81.9 cm³/mol. The van der Waals surface area contributed by atoms with Crippen molar-refractivity contribution in [2.45, 2.75) is 31.4 Å². The second-order valence-corrected chi connectivity index (χ2v) is 8.75. The van der Waals surface area contributed by atoms with E-state index in [1.165, 1.54) is 5.56 Å². The average molecular weight is 360 g/mol. The Kier molecular flexibility index (Phi) is 4.06. The Morgan fingerprint density at radius 3 is 2.80 bits per heavy atom. The first-order chi connectivity index (χ1) is 9.52. The molecule has 0 amide bonds. The number of halogens is 1. The van der Waals surface area contributed by atoms with Crippen molar-refractivity contribution in [2.75, 3.05) is 18.1 Å². The van der Waals surface area contributed by atoms with Gasteiger partial charge in [-0.1, -0.05) is 15.9 Å². The molecule has 2 aliphatic rings. The van der Waals surface area contributed by atoms with Crippen molar-refractivity contribution < 1.29 is 13.2 Å². The van der Waals surface area contributed by atoms with E-state index in [-0.39, 0.29) is 6.10 Å². The van der Waals surface area contributed by atoms with E-state index in [4.69, 9.17) is 4.74 Å².